The van der Waals surface area contributed by atoms with Crippen LogP contribution in [-0.4, -0.2) is 10.6 Å². The van der Waals surface area contributed by atoms with Crippen LogP contribution in [0.4, 0.5) is 8.78 Å². The van der Waals surface area contributed by atoms with E-state index >= 15 is 0 Å². The summed E-state index contributed by atoms with van der Waals surface area (Å²) in [6, 6.07) is 7.70. The van der Waals surface area contributed by atoms with Gasteiger partial charge in [-0.25, -0.2) is 8.78 Å². The number of nitrogens with zero attached hydrogens (tertiary/aromatic N) is 1. The van der Waals surface area contributed by atoms with Crippen LogP contribution in [0.1, 0.15) is 18.2 Å². The van der Waals surface area contributed by atoms with Gasteiger partial charge >= 0.3 is 0 Å². The maximum absolute atomic E-state index is 13.6. The molecule has 0 spiro atoms. The van der Waals surface area contributed by atoms with E-state index in [2.05, 4.69) is 0 Å². The predicted molar refractivity (Wildman–Crippen MR) is 67.2 cm³/mol. The smallest absolute Gasteiger partial charge is 0.131 e. The summed E-state index contributed by atoms with van der Waals surface area (Å²) in [5, 5.41) is 0. The first kappa shape index (κ1) is 12.8. The molecule has 4 heteroatoms. The van der Waals surface area contributed by atoms with Crippen molar-refractivity contribution >= 4 is 0 Å². The number of rotatable bonds is 4. The fraction of sp³-hybridized carbons (Fsp3) is 0.286. The molecular formula is C14H16F2N2. The maximum Gasteiger partial charge on any atom is 0.131 e. The number of halogens is 2. The second-order valence-corrected chi connectivity index (χ2v) is 4.51. The van der Waals surface area contributed by atoms with Crippen molar-refractivity contribution in [2.45, 2.75) is 25.9 Å². The first-order valence-corrected chi connectivity index (χ1v) is 5.90. The van der Waals surface area contributed by atoms with Crippen LogP contribution in [0.25, 0.3) is 0 Å². The zero-order valence-electron chi connectivity index (χ0n) is 10.2. The Balaban J connectivity index is 2.26. The molecule has 1 aromatic heterocycles. The summed E-state index contributed by atoms with van der Waals surface area (Å²) >= 11 is 0. The van der Waals surface area contributed by atoms with Crippen molar-refractivity contribution in [1.29, 1.82) is 0 Å². The molecule has 0 amide bonds. The molecule has 2 aromatic rings. The van der Waals surface area contributed by atoms with E-state index in [0.29, 0.717) is 6.42 Å². The molecule has 0 fully saturated rings. The first-order chi connectivity index (χ1) is 8.58. The lowest BCUT2D eigenvalue weighted by atomic mass is 10.1. The van der Waals surface area contributed by atoms with E-state index in [0.717, 1.165) is 5.69 Å². The van der Waals surface area contributed by atoms with Crippen molar-refractivity contribution < 1.29 is 8.78 Å². The molecule has 0 aliphatic carbocycles. The zero-order chi connectivity index (χ0) is 13.1. The largest absolute Gasteiger partial charge is 0.347 e. The molecule has 0 aliphatic rings. The minimum atomic E-state index is -0.518. The fourth-order valence-corrected chi connectivity index (χ4v) is 1.97. The third kappa shape index (κ3) is 2.76. The highest BCUT2D eigenvalue weighted by molar-refractivity contribution is 5.21. The number of nitrogens with two attached hydrogens (primary N) is 1. The third-order valence-electron chi connectivity index (χ3n) is 2.84. The van der Waals surface area contributed by atoms with Crippen LogP contribution in [0, 0.1) is 11.6 Å². The Bertz CT molecular complexity index is 512. The second-order valence-electron chi connectivity index (χ2n) is 4.51. The van der Waals surface area contributed by atoms with Crippen LogP contribution in [0.3, 0.4) is 0 Å². The maximum atomic E-state index is 13.6. The van der Waals surface area contributed by atoms with E-state index in [9.17, 15) is 8.78 Å². The Labute approximate surface area is 105 Å². The number of hydrogen-bond acceptors (Lipinski definition) is 1. The van der Waals surface area contributed by atoms with Gasteiger partial charge in [-0.1, -0.05) is 6.07 Å². The van der Waals surface area contributed by atoms with Crippen molar-refractivity contribution in [1.82, 2.24) is 4.57 Å². The van der Waals surface area contributed by atoms with Crippen LogP contribution in [-0.2, 0) is 13.0 Å². The Hall–Kier alpha value is -1.68. The molecule has 1 unspecified atom stereocenters. The van der Waals surface area contributed by atoms with Crippen LogP contribution < -0.4 is 5.73 Å². The summed E-state index contributed by atoms with van der Waals surface area (Å²) in [7, 11) is 0. The van der Waals surface area contributed by atoms with Crippen LogP contribution in [0.15, 0.2) is 36.5 Å². The minimum Gasteiger partial charge on any atom is -0.347 e. The Morgan fingerprint density at radius 3 is 2.44 bits per heavy atom. The summed E-state index contributed by atoms with van der Waals surface area (Å²) in [6.45, 7) is 2.09. The Morgan fingerprint density at radius 2 is 1.83 bits per heavy atom. The van der Waals surface area contributed by atoms with Gasteiger partial charge in [0.05, 0.1) is 6.54 Å². The predicted octanol–water partition coefficient (Wildman–Crippen LogP) is 2.70. The quantitative estimate of drug-likeness (QED) is 0.888. The molecule has 2 N–H and O–H groups in total. The Kier molecular flexibility index (Phi) is 3.77. The molecule has 18 heavy (non-hydrogen) atoms. The van der Waals surface area contributed by atoms with Crippen LogP contribution in [0.5, 0.6) is 0 Å². The monoisotopic (exact) mass is 250 g/mol. The van der Waals surface area contributed by atoms with E-state index in [1.54, 1.807) is 0 Å². The molecule has 1 atom stereocenters. The van der Waals surface area contributed by atoms with Gasteiger partial charge in [0.1, 0.15) is 11.6 Å². The van der Waals surface area contributed by atoms with Gasteiger partial charge in [0.15, 0.2) is 0 Å². The molecule has 0 saturated carbocycles. The van der Waals surface area contributed by atoms with Crippen molar-refractivity contribution in [2.75, 3.05) is 0 Å². The highest BCUT2D eigenvalue weighted by Gasteiger charge is 2.11. The van der Waals surface area contributed by atoms with Crippen molar-refractivity contribution in [3.63, 3.8) is 0 Å². The minimum absolute atomic E-state index is 0.0177. The zero-order valence-corrected chi connectivity index (χ0v) is 10.2. The lowest BCUT2D eigenvalue weighted by molar-refractivity contribution is 0.539. The van der Waals surface area contributed by atoms with Crippen LogP contribution >= 0.6 is 0 Å². The number of benzene rings is 1. The van der Waals surface area contributed by atoms with Crippen molar-refractivity contribution in [3.05, 3.63) is 59.4 Å². The normalized spacial score (nSPS) is 12.7. The highest BCUT2D eigenvalue weighted by Crippen LogP contribution is 2.15. The van der Waals surface area contributed by atoms with Crippen LogP contribution in [0.2, 0.25) is 0 Å². The third-order valence-corrected chi connectivity index (χ3v) is 2.84. The van der Waals surface area contributed by atoms with Gasteiger partial charge in [0.25, 0.3) is 0 Å². The SMILES string of the molecule is CC(N)Cc1cccn1Cc1c(F)cccc1F. The first-order valence-electron chi connectivity index (χ1n) is 5.90. The molecule has 1 aromatic carbocycles. The molecule has 96 valence electrons. The number of aromatic nitrogens is 1. The second kappa shape index (κ2) is 5.31. The van der Waals surface area contributed by atoms with E-state index in [1.165, 1.54) is 18.2 Å². The summed E-state index contributed by atoms with van der Waals surface area (Å²) in [6.07, 6.45) is 2.49. The van der Waals surface area contributed by atoms with Gasteiger partial charge in [-0.3, -0.25) is 0 Å². The number of hydrogen-bond donors (Lipinski definition) is 1. The van der Waals surface area contributed by atoms with E-state index in [1.807, 2.05) is 29.8 Å². The molecule has 1 heterocycles. The van der Waals surface area contributed by atoms with Crippen molar-refractivity contribution in [3.8, 4) is 0 Å². The highest BCUT2D eigenvalue weighted by atomic mass is 19.1. The molecular weight excluding hydrogens is 234 g/mol. The molecule has 0 radical (unpaired) electrons. The summed E-state index contributed by atoms with van der Waals surface area (Å²) in [5.74, 6) is -1.04. The summed E-state index contributed by atoms with van der Waals surface area (Å²) in [4.78, 5) is 0. The Morgan fingerprint density at radius 1 is 1.17 bits per heavy atom. The average molecular weight is 250 g/mol. The molecule has 2 nitrogen and oxygen atoms in total. The fourth-order valence-electron chi connectivity index (χ4n) is 1.97. The average Bonchev–Trinajstić information content (AvgIpc) is 2.70. The topological polar surface area (TPSA) is 30.9 Å². The summed E-state index contributed by atoms with van der Waals surface area (Å²) in [5.41, 5.74) is 6.81. The van der Waals surface area contributed by atoms with Crippen molar-refractivity contribution in [2.24, 2.45) is 5.73 Å². The molecule has 0 saturated heterocycles. The van der Waals surface area contributed by atoms with E-state index in [4.69, 9.17) is 5.73 Å². The van der Waals surface area contributed by atoms with Gasteiger partial charge in [-0.05, 0) is 31.2 Å². The van der Waals surface area contributed by atoms with E-state index in [-0.39, 0.29) is 18.2 Å². The van der Waals surface area contributed by atoms with Gasteiger partial charge < -0.3 is 10.3 Å². The lowest BCUT2D eigenvalue weighted by Gasteiger charge is -2.12. The van der Waals surface area contributed by atoms with Gasteiger partial charge in [-0.2, -0.15) is 0 Å². The molecule has 0 bridgehead atoms. The molecule has 0 aliphatic heterocycles. The lowest BCUT2D eigenvalue weighted by Crippen LogP contribution is -2.20. The standard InChI is InChI=1S/C14H16F2N2/c1-10(17)8-11-4-3-7-18(11)9-12-13(15)5-2-6-14(12)16/h2-7,10H,8-9,17H2,1H3. The van der Waals surface area contributed by atoms with E-state index < -0.39 is 11.6 Å². The van der Waals surface area contributed by atoms with Gasteiger partial charge in [-0.15, -0.1) is 0 Å². The van der Waals surface area contributed by atoms with Gasteiger partial charge in [0.2, 0.25) is 0 Å². The van der Waals surface area contributed by atoms with Gasteiger partial charge in [0, 0.05) is 29.9 Å². The molecule has 2 rings (SSSR count). The summed E-state index contributed by atoms with van der Waals surface area (Å²) < 4.78 is 28.9.